The molecule has 1 aliphatic rings. The Labute approximate surface area is 80.6 Å². The van der Waals surface area contributed by atoms with Gasteiger partial charge >= 0.3 is 0 Å². The van der Waals surface area contributed by atoms with Gasteiger partial charge in [-0.25, -0.2) is 0 Å². The molecule has 3 heteroatoms. The Hall–Kier alpha value is -0.0500. The van der Waals surface area contributed by atoms with E-state index in [1.807, 2.05) is 6.92 Å². The van der Waals surface area contributed by atoms with Crippen molar-refractivity contribution in [3.05, 3.63) is 12.2 Å². The second-order valence-corrected chi connectivity index (χ2v) is 3.11. The minimum absolute atomic E-state index is 0. The Morgan fingerprint density at radius 2 is 2.25 bits per heavy atom. The normalized spacial score (nSPS) is 29.9. The van der Waals surface area contributed by atoms with Crippen molar-refractivity contribution in [1.82, 2.24) is 0 Å². The Balaban J connectivity index is 0.00000121. The van der Waals surface area contributed by atoms with E-state index in [0.717, 1.165) is 13.0 Å². The van der Waals surface area contributed by atoms with Crippen LogP contribution in [0.1, 0.15) is 20.3 Å². The van der Waals surface area contributed by atoms with Crippen LogP contribution >= 0.6 is 12.4 Å². The van der Waals surface area contributed by atoms with Gasteiger partial charge in [-0.2, -0.15) is 0 Å². The summed E-state index contributed by atoms with van der Waals surface area (Å²) in [5.74, 6) is 0.532. The van der Waals surface area contributed by atoms with Crippen molar-refractivity contribution >= 4 is 12.4 Å². The van der Waals surface area contributed by atoms with Gasteiger partial charge in [0, 0.05) is 18.6 Å². The van der Waals surface area contributed by atoms with Crippen molar-refractivity contribution in [2.75, 3.05) is 6.61 Å². The zero-order valence-corrected chi connectivity index (χ0v) is 8.51. The van der Waals surface area contributed by atoms with E-state index in [2.05, 4.69) is 19.1 Å². The smallest absolute Gasteiger partial charge is 0.0610 e. The van der Waals surface area contributed by atoms with E-state index >= 15 is 0 Å². The van der Waals surface area contributed by atoms with Crippen LogP contribution in [0, 0.1) is 5.92 Å². The Morgan fingerprint density at radius 1 is 1.58 bits per heavy atom. The molecule has 72 valence electrons. The summed E-state index contributed by atoms with van der Waals surface area (Å²) in [7, 11) is 0. The SMILES string of the molecule is CCOC(C)C1C=CC(N)C1.Cl. The second-order valence-electron chi connectivity index (χ2n) is 3.11. The van der Waals surface area contributed by atoms with Crippen LogP contribution in [-0.2, 0) is 4.74 Å². The monoisotopic (exact) mass is 191 g/mol. The maximum atomic E-state index is 5.72. The lowest BCUT2D eigenvalue weighted by atomic mass is 10.0. The predicted molar refractivity (Wildman–Crippen MR) is 53.6 cm³/mol. The molecular weight excluding hydrogens is 174 g/mol. The van der Waals surface area contributed by atoms with Gasteiger partial charge in [-0.15, -0.1) is 12.4 Å². The van der Waals surface area contributed by atoms with Crippen LogP contribution in [0.3, 0.4) is 0 Å². The molecule has 0 radical (unpaired) electrons. The minimum atomic E-state index is 0. The highest BCUT2D eigenvalue weighted by molar-refractivity contribution is 5.85. The third-order valence-electron chi connectivity index (χ3n) is 2.18. The van der Waals surface area contributed by atoms with Crippen LogP contribution in [0.2, 0.25) is 0 Å². The van der Waals surface area contributed by atoms with Crippen LogP contribution in [-0.4, -0.2) is 18.8 Å². The lowest BCUT2D eigenvalue weighted by Crippen LogP contribution is -2.22. The van der Waals surface area contributed by atoms with Crippen molar-refractivity contribution in [2.24, 2.45) is 11.7 Å². The number of nitrogens with two attached hydrogens (primary N) is 1. The summed E-state index contributed by atoms with van der Waals surface area (Å²) < 4.78 is 5.47. The molecule has 0 heterocycles. The van der Waals surface area contributed by atoms with Crippen LogP contribution in [0.15, 0.2) is 12.2 Å². The second kappa shape index (κ2) is 5.57. The third-order valence-corrected chi connectivity index (χ3v) is 2.18. The average molecular weight is 192 g/mol. The molecule has 2 N–H and O–H groups in total. The predicted octanol–water partition coefficient (Wildman–Crippen LogP) is 1.74. The molecule has 0 amide bonds. The summed E-state index contributed by atoms with van der Waals surface area (Å²) in [6, 6.07) is 0.253. The van der Waals surface area contributed by atoms with E-state index in [-0.39, 0.29) is 18.4 Å². The quantitative estimate of drug-likeness (QED) is 0.690. The van der Waals surface area contributed by atoms with Crippen molar-refractivity contribution < 1.29 is 4.74 Å². The van der Waals surface area contributed by atoms with Crippen LogP contribution in [0.25, 0.3) is 0 Å². The number of halogens is 1. The summed E-state index contributed by atoms with van der Waals surface area (Å²) in [6.07, 6.45) is 5.61. The maximum Gasteiger partial charge on any atom is 0.0610 e. The van der Waals surface area contributed by atoms with Gasteiger partial charge in [-0.05, 0) is 20.3 Å². The van der Waals surface area contributed by atoms with Gasteiger partial charge in [0.15, 0.2) is 0 Å². The zero-order valence-electron chi connectivity index (χ0n) is 7.69. The van der Waals surface area contributed by atoms with Crippen molar-refractivity contribution in [2.45, 2.75) is 32.4 Å². The first kappa shape index (κ1) is 11.9. The summed E-state index contributed by atoms with van der Waals surface area (Å²) in [6.45, 7) is 4.92. The van der Waals surface area contributed by atoms with Gasteiger partial charge in [0.1, 0.15) is 0 Å². The molecule has 0 fully saturated rings. The molecule has 12 heavy (non-hydrogen) atoms. The molecule has 0 aromatic heterocycles. The molecule has 3 unspecified atom stereocenters. The Bertz CT molecular complexity index is 149. The fourth-order valence-electron chi connectivity index (χ4n) is 1.49. The molecule has 2 nitrogen and oxygen atoms in total. The van der Waals surface area contributed by atoms with Crippen LogP contribution in [0.4, 0.5) is 0 Å². The third kappa shape index (κ3) is 3.13. The van der Waals surface area contributed by atoms with Crippen molar-refractivity contribution in [3.8, 4) is 0 Å². The summed E-state index contributed by atoms with van der Waals surface area (Å²) in [5.41, 5.74) is 5.72. The largest absolute Gasteiger partial charge is 0.378 e. The van der Waals surface area contributed by atoms with Crippen LogP contribution in [0.5, 0.6) is 0 Å². The number of rotatable bonds is 3. The van der Waals surface area contributed by atoms with Crippen molar-refractivity contribution in [3.63, 3.8) is 0 Å². The fraction of sp³-hybridized carbons (Fsp3) is 0.778. The molecule has 1 aliphatic carbocycles. The molecule has 3 atom stereocenters. The molecule has 0 saturated carbocycles. The van der Waals surface area contributed by atoms with Gasteiger partial charge in [0.2, 0.25) is 0 Å². The van der Waals surface area contributed by atoms with E-state index in [1.54, 1.807) is 0 Å². The van der Waals surface area contributed by atoms with Gasteiger partial charge in [-0.1, -0.05) is 12.2 Å². The first-order valence-electron chi connectivity index (χ1n) is 4.29. The highest BCUT2D eigenvalue weighted by Crippen LogP contribution is 2.21. The lowest BCUT2D eigenvalue weighted by molar-refractivity contribution is 0.0466. The summed E-state index contributed by atoms with van der Waals surface area (Å²) in [4.78, 5) is 0. The van der Waals surface area contributed by atoms with E-state index in [0.29, 0.717) is 12.0 Å². The summed E-state index contributed by atoms with van der Waals surface area (Å²) in [5, 5.41) is 0. The van der Waals surface area contributed by atoms with Gasteiger partial charge in [0.05, 0.1) is 6.10 Å². The summed E-state index contributed by atoms with van der Waals surface area (Å²) >= 11 is 0. The van der Waals surface area contributed by atoms with Gasteiger partial charge in [-0.3, -0.25) is 0 Å². The Kier molecular flexibility index (Phi) is 5.55. The average Bonchev–Trinajstić information content (AvgIpc) is 2.36. The standard InChI is InChI=1S/C9H17NO.ClH/c1-3-11-7(2)8-4-5-9(10)6-8;/h4-5,7-9H,3,6,10H2,1-2H3;1H. The first-order chi connectivity index (χ1) is 5.24. The molecule has 0 saturated heterocycles. The first-order valence-corrected chi connectivity index (χ1v) is 4.29. The molecule has 0 aromatic carbocycles. The number of hydrogen-bond donors (Lipinski definition) is 1. The highest BCUT2D eigenvalue weighted by atomic mass is 35.5. The topological polar surface area (TPSA) is 35.2 Å². The van der Waals surface area contributed by atoms with E-state index in [1.165, 1.54) is 0 Å². The number of ether oxygens (including phenoxy) is 1. The van der Waals surface area contributed by atoms with Crippen LogP contribution < -0.4 is 5.73 Å². The fourth-order valence-corrected chi connectivity index (χ4v) is 1.49. The molecule has 0 spiro atoms. The molecule has 1 rings (SSSR count). The Morgan fingerprint density at radius 3 is 2.67 bits per heavy atom. The van der Waals surface area contributed by atoms with Gasteiger partial charge < -0.3 is 10.5 Å². The zero-order chi connectivity index (χ0) is 8.27. The van der Waals surface area contributed by atoms with Crippen molar-refractivity contribution in [1.29, 1.82) is 0 Å². The van der Waals surface area contributed by atoms with Gasteiger partial charge in [0.25, 0.3) is 0 Å². The maximum absolute atomic E-state index is 5.72. The van der Waals surface area contributed by atoms with E-state index in [4.69, 9.17) is 10.5 Å². The molecule has 0 aliphatic heterocycles. The molecule has 0 bridgehead atoms. The lowest BCUT2D eigenvalue weighted by Gasteiger charge is -2.17. The van der Waals surface area contributed by atoms with E-state index in [9.17, 15) is 0 Å². The van der Waals surface area contributed by atoms with E-state index < -0.39 is 0 Å². The minimum Gasteiger partial charge on any atom is -0.378 e. The molecular formula is C9H18ClNO. The molecule has 0 aromatic rings. The number of hydrogen-bond acceptors (Lipinski definition) is 2. The highest BCUT2D eigenvalue weighted by Gasteiger charge is 2.21.